The molecule has 0 N–H and O–H groups in total. The number of aryl methyl sites for hydroxylation is 1. The number of likely N-dealkylation sites (tertiary alicyclic amines) is 1. The molecule has 1 amide bonds. The van der Waals surface area contributed by atoms with Crippen molar-refractivity contribution >= 4 is 28.7 Å². The molecule has 25 heavy (non-hydrogen) atoms. The molecule has 5 nitrogen and oxygen atoms in total. The second-order valence-electron chi connectivity index (χ2n) is 6.38. The van der Waals surface area contributed by atoms with Gasteiger partial charge in [0.05, 0.1) is 29.3 Å². The van der Waals surface area contributed by atoms with E-state index in [1.807, 2.05) is 24.3 Å². The van der Waals surface area contributed by atoms with E-state index in [2.05, 4.69) is 27.4 Å². The smallest absolute Gasteiger partial charge is 0.233 e. The summed E-state index contributed by atoms with van der Waals surface area (Å²) in [6, 6.07) is 10.5. The highest BCUT2D eigenvalue weighted by Gasteiger charge is 2.25. The summed E-state index contributed by atoms with van der Waals surface area (Å²) < 4.78 is 2.06. The Morgan fingerprint density at radius 3 is 3.04 bits per heavy atom. The number of para-hydroxylation sites is 2. The highest BCUT2D eigenvalue weighted by Crippen LogP contribution is 2.26. The number of carbonyl (C=O) groups is 1. The number of hydrogen-bond acceptors (Lipinski definition) is 4. The molecule has 1 fully saturated rings. The van der Waals surface area contributed by atoms with Gasteiger partial charge in [0.1, 0.15) is 0 Å². The van der Waals surface area contributed by atoms with Crippen LogP contribution in [0, 0.1) is 11.3 Å². The van der Waals surface area contributed by atoms with Crippen LogP contribution in [0.25, 0.3) is 11.0 Å². The second-order valence-corrected chi connectivity index (χ2v) is 7.32. The predicted octanol–water partition coefficient (Wildman–Crippen LogP) is 3.83. The summed E-state index contributed by atoms with van der Waals surface area (Å²) in [5, 5.41) is 9.75. The monoisotopic (exact) mass is 356 g/mol. The molecule has 1 atom stereocenters. The van der Waals surface area contributed by atoms with E-state index in [-0.39, 0.29) is 5.91 Å². The van der Waals surface area contributed by atoms with Crippen molar-refractivity contribution < 1.29 is 4.79 Å². The molecule has 0 unspecified atom stereocenters. The molecule has 1 aliphatic rings. The highest BCUT2D eigenvalue weighted by molar-refractivity contribution is 7.99. The quantitative estimate of drug-likeness (QED) is 0.738. The van der Waals surface area contributed by atoms with Gasteiger partial charge in [-0.3, -0.25) is 4.79 Å². The minimum atomic E-state index is 0.204. The predicted molar refractivity (Wildman–Crippen MR) is 100 cm³/mol. The van der Waals surface area contributed by atoms with Crippen LogP contribution in [0.15, 0.2) is 29.4 Å². The Bertz CT molecular complexity index is 779. The summed E-state index contributed by atoms with van der Waals surface area (Å²) in [6.07, 6.45) is 4.91. The summed E-state index contributed by atoms with van der Waals surface area (Å²) in [7, 11) is 0. The number of nitriles is 1. The van der Waals surface area contributed by atoms with E-state index in [9.17, 15) is 4.79 Å². The minimum Gasteiger partial charge on any atom is -0.339 e. The van der Waals surface area contributed by atoms with Crippen LogP contribution in [0.5, 0.6) is 0 Å². The molecule has 1 aromatic carbocycles. The number of benzene rings is 1. The molecule has 6 heteroatoms. The Morgan fingerprint density at radius 2 is 2.24 bits per heavy atom. The highest BCUT2D eigenvalue weighted by atomic mass is 32.2. The number of carbonyl (C=O) groups excluding carboxylic acids is 1. The summed E-state index contributed by atoms with van der Waals surface area (Å²) in [5.74, 6) is 0.613. The fraction of sp³-hybridized carbons (Fsp3) is 0.526. The molecule has 0 bridgehead atoms. The SMILES string of the molecule is CC[C@H]1CCCCN1C(=O)CSc1nc2ccccc2n1CCC#N. The maximum atomic E-state index is 12.7. The number of fused-ring (bicyclic) bond motifs is 1. The van der Waals surface area contributed by atoms with Gasteiger partial charge in [0.2, 0.25) is 5.91 Å². The first-order valence-corrected chi connectivity index (χ1v) is 9.97. The standard InChI is InChI=1S/C19H24N4OS/c1-2-15-8-5-6-12-22(15)18(24)14-25-19-21-16-9-3-4-10-17(16)23(19)13-7-11-20/h3-4,9-10,15H,2,5-8,12-14H2,1H3/t15-/m0/s1. The van der Waals surface area contributed by atoms with Gasteiger partial charge in [-0.1, -0.05) is 30.8 Å². The van der Waals surface area contributed by atoms with Crippen molar-refractivity contribution in [2.45, 2.75) is 56.8 Å². The first kappa shape index (κ1) is 17.8. The van der Waals surface area contributed by atoms with Crippen LogP contribution >= 0.6 is 11.8 Å². The first-order valence-electron chi connectivity index (χ1n) is 8.99. The fourth-order valence-electron chi connectivity index (χ4n) is 3.50. The average molecular weight is 356 g/mol. The molecule has 2 heterocycles. The molecule has 0 aliphatic carbocycles. The molecular formula is C19H24N4OS. The topological polar surface area (TPSA) is 61.9 Å². The van der Waals surface area contributed by atoms with E-state index in [4.69, 9.17) is 5.26 Å². The zero-order chi connectivity index (χ0) is 17.6. The molecule has 3 rings (SSSR count). The van der Waals surface area contributed by atoms with Crippen LogP contribution in [0.1, 0.15) is 39.0 Å². The molecule has 1 saturated heterocycles. The van der Waals surface area contributed by atoms with Gasteiger partial charge < -0.3 is 9.47 Å². The largest absolute Gasteiger partial charge is 0.339 e. The Balaban J connectivity index is 1.74. The van der Waals surface area contributed by atoms with Crippen molar-refractivity contribution in [3.8, 4) is 6.07 Å². The van der Waals surface area contributed by atoms with Gasteiger partial charge >= 0.3 is 0 Å². The normalized spacial score (nSPS) is 17.6. The Morgan fingerprint density at radius 1 is 1.40 bits per heavy atom. The lowest BCUT2D eigenvalue weighted by molar-refractivity contribution is -0.132. The van der Waals surface area contributed by atoms with Crippen LogP contribution in [0.2, 0.25) is 0 Å². The lowest BCUT2D eigenvalue weighted by Crippen LogP contribution is -2.44. The van der Waals surface area contributed by atoms with E-state index in [0.29, 0.717) is 24.8 Å². The van der Waals surface area contributed by atoms with Gasteiger partial charge in [-0.15, -0.1) is 0 Å². The maximum absolute atomic E-state index is 12.7. The third-order valence-corrected chi connectivity index (χ3v) is 5.77. The zero-order valence-corrected chi connectivity index (χ0v) is 15.5. The molecule has 0 spiro atoms. The number of nitrogens with zero attached hydrogens (tertiary/aromatic N) is 4. The van der Waals surface area contributed by atoms with Gasteiger partial charge in [-0.25, -0.2) is 4.98 Å². The summed E-state index contributed by atoms with van der Waals surface area (Å²) in [5.41, 5.74) is 1.94. The molecule has 1 aliphatic heterocycles. The van der Waals surface area contributed by atoms with E-state index < -0.39 is 0 Å². The molecule has 132 valence electrons. The number of hydrogen-bond donors (Lipinski definition) is 0. The van der Waals surface area contributed by atoms with E-state index >= 15 is 0 Å². The van der Waals surface area contributed by atoms with Crippen LogP contribution in [-0.2, 0) is 11.3 Å². The number of imidazole rings is 1. The van der Waals surface area contributed by atoms with Crippen molar-refractivity contribution in [3.63, 3.8) is 0 Å². The van der Waals surface area contributed by atoms with Gasteiger partial charge in [0, 0.05) is 19.1 Å². The second kappa shape index (κ2) is 8.39. The maximum Gasteiger partial charge on any atom is 0.233 e. The number of aromatic nitrogens is 2. The van der Waals surface area contributed by atoms with E-state index in [1.165, 1.54) is 18.2 Å². The van der Waals surface area contributed by atoms with Crippen molar-refractivity contribution in [1.29, 1.82) is 5.26 Å². The van der Waals surface area contributed by atoms with E-state index in [1.54, 1.807) is 0 Å². The van der Waals surface area contributed by atoms with Crippen LogP contribution in [-0.4, -0.2) is 38.7 Å². The molecule has 0 radical (unpaired) electrons. The number of thioether (sulfide) groups is 1. The van der Waals surface area contributed by atoms with Crippen LogP contribution in [0.3, 0.4) is 0 Å². The van der Waals surface area contributed by atoms with Gasteiger partial charge in [-0.2, -0.15) is 5.26 Å². The van der Waals surface area contributed by atoms with Crippen molar-refractivity contribution in [2.75, 3.05) is 12.3 Å². The molecule has 2 aromatic rings. The van der Waals surface area contributed by atoms with Crippen molar-refractivity contribution in [3.05, 3.63) is 24.3 Å². The zero-order valence-electron chi connectivity index (χ0n) is 14.6. The van der Waals surface area contributed by atoms with Crippen LogP contribution in [0.4, 0.5) is 0 Å². The third kappa shape index (κ3) is 3.98. The van der Waals surface area contributed by atoms with Crippen LogP contribution < -0.4 is 0 Å². The summed E-state index contributed by atoms with van der Waals surface area (Å²) in [6.45, 7) is 3.64. The summed E-state index contributed by atoms with van der Waals surface area (Å²) in [4.78, 5) is 19.4. The summed E-state index contributed by atoms with van der Waals surface area (Å²) >= 11 is 1.49. The molecule has 1 aromatic heterocycles. The Hall–Kier alpha value is -2.00. The molecule has 0 saturated carbocycles. The Kier molecular flexibility index (Phi) is 5.98. The van der Waals surface area contributed by atoms with E-state index in [0.717, 1.165) is 42.0 Å². The van der Waals surface area contributed by atoms with Gasteiger partial charge in [-0.05, 0) is 37.8 Å². The molecular weight excluding hydrogens is 332 g/mol. The number of rotatable bonds is 6. The number of piperidine rings is 1. The Labute approximate surface area is 153 Å². The lowest BCUT2D eigenvalue weighted by Gasteiger charge is -2.35. The first-order chi connectivity index (χ1) is 12.2. The number of amides is 1. The lowest BCUT2D eigenvalue weighted by atomic mass is 10.0. The third-order valence-electron chi connectivity index (χ3n) is 4.81. The van der Waals surface area contributed by atoms with Gasteiger partial charge in [0.25, 0.3) is 0 Å². The van der Waals surface area contributed by atoms with Crippen molar-refractivity contribution in [1.82, 2.24) is 14.5 Å². The fourth-order valence-corrected chi connectivity index (χ4v) is 4.43. The minimum absolute atomic E-state index is 0.204. The average Bonchev–Trinajstić information content (AvgIpc) is 3.01. The van der Waals surface area contributed by atoms with Crippen molar-refractivity contribution in [2.24, 2.45) is 0 Å². The van der Waals surface area contributed by atoms with Gasteiger partial charge in [0.15, 0.2) is 5.16 Å².